The van der Waals surface area contributed by atoms with Gasteiger partial charge < -0.3 is 9.13 Å². The second-order valence-electron chi connectivity index (χ2n) is 20.5. The summed E-state index contributed by atoms with van der Waals surface area (Å²) in [5.41, 5.74) is 15.4. The fraction of sp³-hybridized carbons (Fsp3) is 0. The van der Waals surface area contributed by atoms with Gasteiger partial charge in [0.1, 0.15) is 0 Å². The lowest BCUT2D eigenvalue weighted by Crippen LogP contribution is -2.03. The summed E-state index contributed by atoms with van der Waals surface area (Å²) < 4.78 is 8.27. The molecule has 12 aromatic carbocycles. The van der Waals surface area contributed by atoms with E-state index >= 15 is 0 Å². The lowest BCUT2D eigenvalue weighted by atomic mass is 9.98. The Morgan fingerprint density at radius 2 is 0.756 bits per heavy atom. The fourth-order valence-electron chi connectivity index (χ4n) is 12.7. The molecule has 5 aromatic heterocycles. The standard InChI is InChI=1S/C72H43N5S/c1-4-18-46(19-5-1)66-43-50-28-34-59-69(71(50)78-66)70(49-33-37-61-56(42-49)55-26-14-15-27-60(55)75(61)51-20-6-2-7-21-51)74-72(73-59)77-63-36-32-48(41-58(63)68-54-25-13-11-17-45(54)30-39-65(68)77)47-31-35-62-57(40-47)67-53-24-12-10-16-44(53)29-38-64(67)76(62)52-22-8-3-9-23-52/h1-43H. The number of fused-ring (bicyclic) bond motifs is 16. The highest BCUT2D eigenvalue weighted by Crippen LogP contribution is 2.45. The average Bonchev–Trinajstić information content (AvgIpc) is 4.30. The molecule has 17 rings (SSSR count). The summed E-state index contributed by atoms with van der Waals surface area (Å²) in [6, 6.07) is 95.1. The normalized spacial score (nSPS) is 12.1. The van der Waals surface area contributed by atoms with E-state index in [1.54, 1.807) is 0 Å². The van der Waals surface area contributed by atoms with Crippen molar-refractivity contribution in [3.8, 4) is 50.1 Å². The maximum Gasteiger partial charge on any atom is 0.235 e. The third-order valence-electron chi connectivity index (χ3n) is 16.2. The van der Waals surface area contributed by atoms with Gasteiger partial charge in [-0.1, -0.05) is 170 Å². The van der Waals surface area contributed by atoms with Gasteiger partial charge >= 0.3 is 0 Å². The molecule has 5 nitrogen and oxygen atoms in total. The van der Waals surface area contributed by atoms with E-state index in [4.69, 9.17) is 9.97 Å². The van der Waals surface area contributed by atoms with Crippen LogP contribution in [0.1, 0.15) is 0 Å². The first kappa shape index (κ1) is 43.1. The molecule has 0 fully saturated rings. The number of thiophene rings is 1. The summed E-state index contributed by atoms with van der Waals surface area (Å²) >= 11 is 1.81. The molecule has 0 atom stereocenters. The van der Waals surface area contributed by atoms with Gasteiger partial charge in [0.2, 0.25) is 5.95 Å². The number of benzene rings is 12. The second kappa shape index (κ2) is 16.7. The first-order valence-corrected chi connectivity index (χ1v) is 27.4. The smallest absolute Gasteiger partial charge is 0.235 e. The van der Waals surface area contributed by atoms with E-state index in [0.29, 0.717) is 5.95 Å². The lowest BCUT2D eigenvalue weighted by molar-refractivity contribution is 1.01. The van der Waals surface area contributed by atoms with Gasteiger partial charge in [0.05, 0.1) is 44.3 Å². The fourth-order valence-corrected chi connectivity index (χ4v) is 14.0. The van der Waals surface area contributed by atoms with Crippen molar-refractivity contribution in [2.75, 3.05) is 0 Å². The topological polar surface area (TPSA) is 40.6 Å². The predicted molar refractivity (Wildman–Crippen MR) is 329 cm³/mol. The maximum absolute atomic E-state index is 5.82. The van der Waals surface area contributed by atoms with Crippen LogP contribution in [0.5, 0.6) is 0 Å². The van der Waals surface area contributed by atoms with Crippen molar-refractivity contribution in [3.05, 3.63) is 261 Å². The largest absolute Gasteiger partial charge is 0.309 e. The Morgan fingerprint density at radius 3 is 1.41 bits per heavy atom. The average molecular weight is 1010 g/mol. The summed E-state index contributed by atoms with van der Waals surface area (Å²) in [6.45, 7) is 0. The van der Waals surface area contributed by atoms with Crippen LogP contribution in [-0.4, -0.2) is 23.7 Å². The minimum atomic E-state index is 0.633. The van der Waals surface area contributed by atoms with Crippen LogP contribution in [0.15, 0.2) is 261 Å². The first-order valence-electron chi connectivity index (χ1n) is 26.6. The molecule has 0 saturated carbocycles. The maximum atomic E-state index is 5.82. The molecule has 0 spiro atoms. The zero-order chi connectivity index (χ0) is 51.0. The number of rotatable bonds is 6. The van der Waals surface area contributed by atoms with E-state index in [2.05, 4.69) is 275 Å². The van der Waals surface area contributed by atoms with Crippen LogP contribution in [0.25, 0.3) is 158 Å². The highest BCUT2D eigenvalue weighted by atomic mass is 32.1. The van der Waals surface area contributed by atoms with Gasteiger partial charge in [-0.05, 0) is 135 Å². The molecule has 0 aliphatic heterocycles. The Bertz CT molecular complexity index is 5320. The monoisotopic (exact) mass is 1010 g/mol. The Kier molecular flexibility index (Phi) is 9.22. The molecular weight excluding hydrogens is 967 g/mol. The number of aromatic nitrogens is 5. The predicted octanol–water partition coefficient (Wildman–Crippen LogP) is 19.4. The van der Waals surface area contributed by atoms with Crippen molar-refractivity contribution in [3.63, 3.8) is 0 Å². The van der Waals surface area contributed by atoms with Gasteiger partial charge in [0.15, 0.2) is 0 Å². The second-order valence-corrected chi connectivity index (χ2v) is 21.5. The van der Waals surface area contributed by atoms with Gasteiger partial charge in [-0.3, -0.25) is 4.57 Å². The molecule has 0 amide bonds. The highest BCUT2D eigenvalue weighted by molar-refractivity contribution is 7.23. The van der Waals surface area contributed by atoms with Crippen molar-refractivity contribution >= 4 is 119 Å². The summed E-state index contributed by atoms with van der Waals surface area (Å²) in [5.74, 6) is 0.633. The first-order chi connectivity index (χ1) is 38.7. The Balaban J connectivity index is 0.919. The quantitative estimate of drug-likeness (QED) is 0.167. The molecule has 6 heteroatoms. The SMILES string of the molecule is c1ccc(-c2cc3ccc4nc(-n5c6ccc(-c7ccc8c(c7)c7c9ccccc9ccc7n8-c7ccccc7)cc6c6c7ccccc7ccc65)nc(-c5ccc6c(c5)c5ccccc5n6-c5ccccc5)c4c3s2)cc1. The van der Waals surface area contributed by atoms with Crippen LogP contribution in [0.2, 0.25) is 0 Å². The molecule has 17 aromatic rings. The third kappa shape index (κ3) is 6.35. The molecule has 0 aliphatic carbocycles. The van der Waals surface area contributed by atoms with Gasteiger partial charge in [0.25, 0.3) is 0 Å². The van der Waals surface area contributed by atoms with E-state index < -0.39 is 0 Å². The summed E-state index contributed by atoms with van der Waals surface area (Å²) in [4.78, 5) is 12.7. The summed E-state index contributed by atoms with van der Waals surface area (Å²) in [5, 5.41) is 14.3. The summed E-state index contributed by atoms with van der Waals surface area (Å²) in [7, 11) is 0. The van der Waals surface area contributed by atoms with Gasteiger partial charge in [-0.15, -0.1) is 11.3 Å². The number of para-hydroxylation sites is 3. The lowest BCUT2D eigenvalue weighted by Gasteiger charge is -2.13. The van der Waals surface area contributed by atoms with Crippen molar-refractivity contribution in [1.29, 1.82) is 0 Å². The van der Waals surface area contributed by atoms with Crippen LogP contribution in [0, 0.1) is 0 Å². The van der Waals surface area contributed by atoms with E-state index in [9.17, 15) is 0 Å². The van der Waals surface area contributed by atoms with E-state index in [0.717, 1.165) is 66.6 Å². The number of hydrogen-bond donors (Lipinski definition) is 0. The molecule has 0 radical (unpaired) electrons. The van der Waals surface area contributed by atoms with Crippen LogP contribution >= 0.6 is 11.3 Å². The van der Waals surface area contributed by atoms with E-state index in [1.165, 1.54) is 85.6 Å². The minimum Gasteiger partial charge on any atom is -0.309 e. The van der Waals surface area contributed by atoms with Crippen molar-refractivity contribution < 1.29 is 0 Å². The Labute approximate surface area is 451 Å². The molecule has 0 bridgehead atoms. The molecule has 0 N–H and O–H groups in total. The molecule has 0 aliphatic rings. The molecule has 362 valence electrons. The molecule has 5 heterocycles. The van der Waals surface area contributed by atoms with E-state index in [-0.39, 0.29) is 0 Å². The van der Waals surface area contributed by atoms with Crippen LogP contribution in [0.3, 0.4) is 0 Å². The van der Waals surface area contributed by atoms with Crippen LogP contribution in [0.4, 0.5) is 0 Å². The number of nitrogens with zero attached hydrogens (tertiary/aromatic N) is 5. The Hall–Kier alpha value is -10.1. The molecule has 78 heavy (non-hydrogen) atoms. The van der Waals surface area contributed by atoms with Crippen LogP contribution in [-0.2, 0) is 0 Å². The van der Waals surface area contributed by atoms with Gasteiger partial charge in [0, 0.05) is 64.2 Å². The summed E-state index contributed by atoms with van der Waals surface area (Å²) in [6.07, 6.45) is 0. The van der Waals surface area contributed by atoms with Crippen molar-refractivity contribution in [1.82, 2.24) is 23.7 Å². The van der Waals surface area contributed by atoms with Crippen molar-refractivity contribution in [2.24, 2.45) is 0 Å². The van der Waals surface area contributed by atoms with Crippen LogP contribution < -0.4 is 0 Å². The van der Waals surface area contributed by atoms with Gasteiger partial charge in [-0.25, -0.2) is 9.97 Å². The van der Waals surface area contributed by atoms with Gasteiger partial charge in [-0.2, -0.15) is 0 Å². The molecule has 0 unspecified atom stereocenters. The highest BCUT2D eigenvalue weighted by Gasteiger charge is 2.24. The Morgan fingerprint density at radius 1 is 0.282 bits per heavy atom. The zero-order valence-electron chi connectivity index (χ0n) is 42.0. The molecular formula is C72H43N5S. The minimum absolute atomic E-state index is 0.633. The molecule has 0 saturated heterocycles. The van der Waals surface area contributed by atoms with Crippen molar-refractivity contribution in [2.45, 2.75) is 0 Å². The zero-order valence-corrected chi connectivity index (χ0v) is 42.8. The van der Waals surface area contributed by atoms with E-state index in [1.807, 2.05) is 11.3 Å². The number of hydrogen-bond acceptors (Lipinski definition) is 3. The third-order valence-corrected chi connectivity index (χ3v) is 17.4.